The summed E-state index contributed by atoms with van der Waals surface area (Å²) in [7, 11) is 1.33. The molecule has 1 aromatic heterocycles. The molecule has 0 fully saturated rings. The van der Waals surface area contributed by atoms with E-state index in [4.69, 9.17) is 16.3 Å². The van der Waals surface area contributed by atoms with E-state index in [1.54, 1.807) is 18.2 Å². The highest BCUT2D eigenvalue weighted by molar-refractivity contribution is 6.30. The Hall–Kier alpha value is -2.07. The molecule has 2 rings (SSSR count). The van der Waals surface area contributed by atoms with Crippen LogP contribution in [0, 0.1) is 6.92 Å². The molecule has 4 nitrogen and oxygen atoms in total. The molecule has 0 bridgehead atoms. The molecule has 0 amide bonds. The van der Waals surface area contributed by atoms with E-state index in [2.05, 4.69) is 9.72 Å². The van der Waals surface area contributed by atoms with Gasteiger partial charge in [0.25, 0.3) is 0 Å². The van der Waals surface area contributed by atoms with Gasteiger partial charge >= 0.3 is 5.97 Å². The highest BCUT2D eigenvalue weighted by Crippen LogP contribution is 2.23. The normalized spacial score (nSPS) is 10.2. The molecular formula is C15H14ClNO3. The number of hydrogen-bond donors (Lipinski definition) is 0. The maximum atomic E-state index is 11.3. The summed E-state index contributed by atoms with van der Waals surface area (Å²) < 4.78 is 10.3. The van der Waals surface area contributed by atoms with Crippen LogP contribution in [-0.2, 0) is 11.3 Å². The third-order valence-corrected chi connectivity index (χ3v) is 3.01. The van der Waals surface area contributed by atoms with Gasteiger partial charge in [-0.3, -0.25) is 4.98 Å². The fraction of sp³-hybridized carbons (Fsp3) is 0.200. The van der Waals surface area contributed by atoms with Gasteiger partial charge in [-0.05, 0) is 36.8 Å². The third kappa shape index (κ3) is 3.48. The summed E-state index contributed by atoms with van der Waals surface area (Å²) in [6, 6.07) is 8.85. The van der Waals surface area contributed by atoms with Crippen LogP contribution >= 0.6 is 11.6 Å². The molecule has 0 aliphatic heterocycles. The molecule has 0 unspecified atom stereocenters. The molecule has 5 heteroatoms. The lowest BCUT2D eigenvalue weighted by Crippen LogP contribution is -2.04. The van der Waals surface area contributed by atoms with Crippen LogP contribution in [0.25, 0.3) is 0 Å². The molecule has 0 N–H and O–H groups in total. The van der Waals surface area contributed by atoms with Gasteiger partial charge in [0, 0.05) is 11.2 Å². The summed E-state index contributed by atoms with van der Waals surface area (Å²) in [4.78, 5) is 15.4. The average molecular weight is 292 g/mol. The average Bonchev–Trinajstić information content (AvgIpc) is 2.48. The first kappa shape index (κ1) is 14.3. The summed E-state index contributed by atoms with van der Waals surface area (Å²) in [5.74, 6) is 0.312. The first-order chi connectivity index (χ1) is 9.60. The smallest absolute Gasteiger partial charge is 0.339 e. The van der Waals surface area contributed by atoms with Crippen LogP contribution in [-0.4, -0.2) is 18.1 Å². The van der Waals surface area contributed by atoms with E-state index in [0.29, 0.717) is 17.2 Å². The van der Waals surface area contributed by atoms with Crippen molar-refractivity contribution in [3.05, 3.63) is 58.4 Å². The first-order valence-electron chi connectivity index (χ1n) is 6.02. The van der Waals surface area contributed by atoms with Crippen LogP contribution in [0.1, 0.15) is 21.6 Å². The van der Waals surface area contributed by atoms with Crippen molar-refractivity contribution in [2.45, 2.75) is 13.5 Å². The molecule has 1 aromatic carbocycles. The number of carbonyl (C=O) groups excluding carboxylic acids is 1. The summed E-state index contributed by atoms with van der Waals surface area (Å²) in [6.07, 6.45) is 1.47. The quantitative estimate of drug-likeness (QED) is 0.810. The van der Waals surface area contributed by atoms with E-state index < -0.39 is 5.97 Å². The monoisotopic (exact) mass is 291 g/mol. The van der Waals surface area contributed by atoms with E-state index >= 15 is 0 Å². The largest absolute Gasteiger partial charge is 0.487 e. The van der Waals surface area contributed by atoms with E-state index in [1.807, 2.05) is 19.1 Å². The maximum absolute atomic E-state index is 11.3. The summed E-state index contributed by atoms with van der Waals surface area (Å²) in [6.45, 7) is 2.25. The Balaban J connectivity index is 2.04. The number of pyridine rings is 1. The number of hydrogen-bond acceptors (Lipinski definition) is 4. The fourth-order valence-corrected chi connectivity index (χ4v) is 1.79. The minimum absolute atomic E-state index is 0.308. The number of nitrogens with zero attached hydrogens (tertiary/aromatic N) is 1. The molecule has 104 valence electrons. The topological polar surface area (TPSA) is 48.4 Å². The second kappa shape index (κ2) is 6.39. The number of halogens is 1. The molecule has 0 radical (unpaired) electrons. The Morgan fingerprint density at radius 2 is 2.10 bits per heavy atom. The Labute approximate surface area is 122 Å². The number of ether oxygens (including phenoxy) is 2. The Kier molecular flexibility index (Phi) is 4.58. The number of aryl methyl sites for hydroxylation is 1. The van der Waals surface area contributed by atoms with E-state index in [-0.39, 0.29) is 0 Å². The van der Waals surface area contributed by atoms with E-state index in [0.717, 1.165) is 17.0 Å². The summed E-state index contributed by atoms with van der Waals surface area (Å²) >= 11 is 5.92. The number of aromatic nitrogens is 1. The number of methoxy groups -OCH3 is 1. The van der Waals surface area contributed by atoms with Crippen LogP contribution in [0.2, 0.25) is 5.02 Å². The van der Waals surface area contributed by atoms with Crippen LogP contribution in [0.3, 0.4) is 0 Å². The second-order valence-corrected chi connectivity index (χ2v) is 4.66. The van der Waals surface area contributed by atoms with Crippen LogP contribution in [0.4, 0.5) is 0 Å². The van der Waals surface area contributed by atoms with Gasteiger partial charge in [-0.15, -0.1) is 0 Å². The molecule has 0 saturated heterocycles. The minimum atomic E-state index is -0.407. The van der Waals surface area contributed by atoms with Crippen LogP contribution < -0.4 is 4.74 Å². The van der Waals surface area contributed by atoms with Gasteiger partial charge in [-0.1, -0.05) is 17.7 Å². The molecule has 20 heavy (non-hydrogen) atoms. The zero-order valence-corrected chi connectivity index (χ0v) is 12.0. The van der Waals surface area contributed by atoms with Crippen LogP contribution in [0.15, 0.2) is 36.5 Å². The molecule has 0 saturated carbocycles. The lowest BCUT2D eigenvalue weighted by atomic mass is 10.2. The Bertz CT molecular complexity index is 611. The van der Waals surface area contributed by atoms with Gasteiger partial charge in [-0.2, -0.15) is 0 Å². The van der Waals surface area contributed by atoms with Crippen molar-refractivity contribution in [1.82, 2.24) is 4.98 Å². The predicted octanol–water partition coefficient (Wildman–Crippen LogP) is 3.41. The number of benzene rings is 1. The molecular weight excluding hydrogens is 278 g/mol. The minimum Gasteiger partial charge on any atom is -0.487 e. The van der Waals surface area contributed by atoms with Gasteiger partial charge in [0.05, 0.1) is 18.4 Å². The zero-order valence-electron chi connectivity index (χ0n) is 11.2. The third-order valence-electron chi connectivity index (χ3n) is 2.77. The predicted molar refractivity (Wildman–Crippen MR) is 76.1 cm³/mol. The molecule has 0 atom stereocenters. The first-order valence-corrected chi connectivity index (χ1v) is 6.40. The van der Waals surface area contributed by atoms with Crippen molar-refractivity contribution in [3.63, 3.8) is 0 Å². The fourth-order valence-electron chi connectivity index (χ4n) is 1.63. The zero-order chi connectivity index (χ0) is 14.5. The standard InChI is InChI=1S/C15H14ClNO3/c1-10-3-5-12(16)7-14(10)20-9-13-6-4-11(8-17-13)15(18)19-2/h3-8H,9H2,1-2H3. The lowest BCUT2D eigenvalue weighted by Gasteiger charge is -2.09. The number of rotatable bonds is 4. The molecule has 1 heterocycles. The summed E-state index contributed by atoms with van der Waals surface area (Å²) in [5.41, 5.74) is 2.13. The van der Waals surface area contributed by atoms with Crippen molar-refractivity contribution in [2.75, 3.05) is 7.11 Å². The van der Waals surface area contributed by atoms with Crippen molar-refractivity contribution >= 4 is 17.6 Å². The van der Waals surface area contributed by atoms with Crippen molar-refractivity contribution in [2.24, 2.45) is 0 Å². The SMILES string of the molecule is COC(=O)c1ccc(COc2cc(Cl)ccc2C)nc1. The maximum Gasteiger partial charge on any atom is 0.339 e. The van der Waals surface area contributed by atoms with Crippen molar-refractivity contribution in [1.29, 1.82) is 0 Å². The van der Waals surface area contributed by atoms with Crippen molar-refractivity contribution < 1.29 is 14.3 Å². The molecule has 0 spiro atoms. The van der Waals surface area contributed by atoms with Gasteiger partial charge < -0.3 is 9.47 Å². The van der Waals surface area contributed by atoms with Gasteiger partial charge in [0.1, 0.15) is 12.4 Å². The van der Waals surface area contributed by atoms with Crippen LogP contribution in [0.5, 0.6) is 5.75 Å². The van der Waals surface area contributed by atoms with Gasteiger partial charge in [-0.25, -0.2) is 4.79 Å². The Morgan fingerprint density at radius 1 is 1.30 bits per heavy atom. The molecule has 2 aromatic rings. The highest BCUT2D eigenvalue weighted by atomic mass is 35.5. The van der Waals surface area contributed by atoms with Gasteiger partial charge in [0.15, 0.2) is 0 Å². The van der Waals surface area contributed by atoms with Gasteiger partial charge in [0.2, 0.25) is 0 Å². The number of esters is 1. The molecule has 0 aliphatic carbocycles. The van der Waals surface area contributed by atoms with E-state index in [1.165, 1.54) is 13.3 Å². The highest BCUT2D eigenvalue weighted by Gasteiger charge is 2.06. The number of carbonyl (C=O) groups is 1. The van der Waals surface area contributed by atoms with Crippen molar-refractivity contribution in [3.8, 4) is 5.75 Å². The second-order valence-electron chi connectivity index (χ2n) is 4.23. The van der Waals surface area contributed by atoms with E-state index in [9.17, 15) is 4.79 Å². The lowest BCUT2D eigenvalue weighted by molar-refractivity contribution is 0.0600. The Morgan fingerprint density at radius 3 is 2.75 bits per heavy atom. The summed E-state index contributed by atoms with van der Waals surface area (Å²) in [5, 5.41) is 0.625. The molecule has 0 aliphatic rings.